The van der Waals surface area contributed by atoms with E-state index in [4.69, 9.17) is 15.6 Å². The van der Waals surface area contributed by atoms with Gasteiger partial charge in [0.2, 0.25) is 0 Å². The van der Waals surface area contributed by atoms with E-state index >= 15 is 0 Å². The van der Waals surface area contributed by atoms with E-state index < -0.39 is 22.0 Å². The molecule has 5 nitrogen and oxygen atoms in total. The summed E-state index contributed by atoms with van der Waals surface area (Å²) in [7, 11) is -3.07. The van der Waals surface area contributed by atoms with Gasteiger partial charge in [-0.2, -0.15) is 13.2 Å². The Morgan fingerprint density at radius 1 is 1.29 bits per heavy atom. The van der Waals surface area contributed by atoms with Crippen molar-refractivity contribution in [2.45, 2.75) is 29.5 Å². The maximum atomic E-state index is 11.2. The van der Waals surface area contributed by atoms with E-state index in [1.165, 1.54) is 6.26 Å². The fourth-order valence-corrected chi connectivity index (χ4v) is 2.19. The number of hydrogen-bond acceptors (Lipinski definition) is 4. The van der Waals surface area contributed by atoms with Crippen molar-refractivity contribution in [1.29, 1.82) is 0 Å². The molecule has 2 atom stereocenters. The van der Waals surface area contributed by atoms with Gasteiger partial charge in [0.15, 0.2) is 9.84 Å². The van der Waals surface area contributed by atoms with Gasteiger partial charge in [-0.3, -0.25) is 0 Å². The molecule has 0 radical (unpaired) electrons. The predicted molar refractivity (Wildman–Crippen MR) is 68.6 cm³/mol. The van der Waals surface area contributed by atoms with Gasteiger partial charge >= 0.3 is 12.1 Å². The van der Waals surface area contributed by atoms with Gasteiger partial charge in [-0.05, 0) is 24.1 Å². The molecule has 1 aliphatic rings. The lowest BCUT2D eigenvalue weighted by molar-refractivity contribution is -0.192. The van der Waals surface area contributed by atoms with E-state index in [9.17, 15) is 21.6 Å². The molecule has 1 aromatic rings. The topological polar surface area (TPSA) is 97.5 Å². The lowest BCUT2D eigenvalue weighted by Gasteiger charge is -2.00. The van der Waals surface area contributed by atoms with E-state index in [2.05, 4.69) is 0 Å². The number of sulfone groups is 1. The predicted octanol–water partition coefficient (Wildman–Crippen LogP) is 1.54. The van der Waals surface area contributed by atoms with Gasteiger partial charge in [0.25, 0.3) is 0 Å². The van der Waals surface area contributed by atoms with Crippen LogP contribution in [0.25, 0.3) is 0 Å². The molecule has 9 heteroatoms. The molecule has 2 unspecified atom stereocenters. The summed E-state index contributed by atoms with van der Waals surface area (Å²) >= 11 is 0. The highest BCUT2D eigenvalue weighted by molar-refractivity contribution is 7.90. The SMILES string of the molecule is CS(=O)(=O)c1ccc(C2CC2N)cc1.O=C(O)C(F)(F)F. The van der Waals surface area contributed by atoms with Crippen molar-refractivity contribution >= 4 is 15.8 Å². The van der Waals surface area contributed by atoms with Crippen molar-refractivity contribution in [2.75, 3.05) is 6.26 Å². The minimum atomic E-state index is -5.08. The fraction of sp³-hybridized carbons (Fsp3) is 0.417. The molecule has 1 saturated carbocycles. The van der Waals surface area contributed by atoms with Crippen LogP contribution in [-0.4, -0.2) is 38.0 Å². The molecular formula is C12H14F3NO4S. The van der Waals surface area contributed by atoms with Crippen molar-refractivity contribution < 1.29 is 31.5 Å². The number of benzene rings is 1. The van der Waals surface area contributed by atoms with Crippen LogP contribution in [0.1, 0.15) is 17.9 Å². The van der Waals surface area contributed by atoms with Crippen LogP contribution < -0.4 is 5.73 Å². The van der Waals surface area contributed by atoms with Gasteiger partial charge in [-0.15, -0.1) is 0 Å². The highest BCUT2D eigenvalue weighted by atomic mass is 32.2. The molecule has 1 fully saturated rings. The lowest BCUT2D eigenvalue weighted by Crippen LogP contribution is -2.21. The number of aliphatic carboxylic acids is 1. The van der Waals surface area contributed by atoms with Crippen LogP contribution in [0.2, 0.25) is 0 Å². The molecule has 2 rings (SSSR count). The average Bonchev–Trinajstić information content (AvgIpc) is 3.05. The second-order valence-corrected chi connectivity index (χ2v) is 6.67. The first-order valence-corrected chi connectivity index (χ1v) is 7.68. The summed E-state index contributed by atoms with van der Waals surface area (Å²) in [4.78, 5) is 9.27. The van der Waals surface area contributed by atoms with Crippen LogP contribution in [0, 0.1) is 0 Å². The molecule has 0 aromatic heterocycles. The maximum Gasteiger partial charge on any atom is 0.490 e. The highest BCUT2D eigenvalue weighted by Crippen LogP contribution is 2.38. The second kappa shape index (κ2) is 6.02. The molecule has 0 amide bonds. The van der Waals surface area contributed by atoms with Gasteiger partial charge in [-0.25, -0.2) is 13.2 Å². The van der Waals surface area contributed by atoms with Gasteiger partial charge < -0.3 is 10.8 Å². The standard InChI is InChI=1S/C10H13NO2S.C2HF3O2/c1-14(12,13)8-4-2-7(3-5-8)9-6-10(9)11;3-2(4,5)1(6)7/h2-5,9-10H,6,11H2,1H3;(H,6,7). The summed E-state index contributed by atoms with van der Waals surface area (Å²) < 4.78 is 54.1. The van der Waals surface area contributed by atoms with Crippen LogP contribution in [0.4, 0.5) is 13.2 Å². The zero-order valence-corrected chi connectivity index (χ0v) is 11.8. The van der Waals surface area contributed by atoms with E-state index in [0.717, 1.165) is 12.0 Å². The number of carboxylic acids is 1. The van der Waals surface area contributed by atoms with Crippen molar-refractivity contribution in [3.05, 3.63) is 29.8 Å². The molecule has 1 aliphatic carbocycles. The van der Waals surface area contributed by atoms with Crippen molar-refractivity contribution in [2.24, 2.45) is 5.73 Å². The molecule has 21 heavy (non-hydrogen) atoms. The third-order valence-corrected chi connectivity index (χ3v) is 3.95. The van der Waals surface area contributed by atoms with Crippen molar-refractivity contribution in [1.82, 2.24) is 0 Å². The second-order valence-electron chi connectivity index (χ2n) is 4.65. The smallest absolute Gasteiger partial charge is 0.475 e. The summed E-state index contributed by atoms with van der Waals surface area (Å²) in [6, 6.07) is 7.27. The van der Waals surface area contributed by atoms with Crippen LogP contribution in [0.3, 0.4) is 0 Å². The summed E-state index contributed by atoms with van der Waals surface area (Å²) in [6.07, 6.45) is -2.86. The Morgan fingerprint density at radius 3 is 1.90 bits per heavy atom. The zero-order chi connectivity index (χ0) is 16.4. The van der Waals surface area contributed by atoms with Gasteiger partial charge in [0.1, 0.15) is 0 Å². The molecule has 118 valence electrons. The Morgan fingerprint density at radius 2 is 1.67 bits per heavy atom. The third-order valence-electron chi connectivity index (χ3n) is 2.82. The number of carboxylic acid groups (broad SMARTS) is 1. The average molecular weight is 325 g/mol. The Hall–Kier alpha value is -1.61. The molecule has 0 heterocycles. The van der Waals surface area contributed by atoms with E-state index in [-0.39, 0.29) is 6.04 Å². The Labute approximate surface area is 119 Å². The first-order valence-electron chi connectivity index (χ1n) is 5.78. The quantitative estimate of drug-likeness (QED) is 0.859. The minimum Gasteiger partial charge on any atom is -0.475 e. The minimum absolute atomic E-state index is 0.263. The first-order chi connectivity index (χ1) is 9.43. The van der Waals surface area contributed by atoms with E-state index in [0.29, 0.717) is 10.8 Å². The highest BCUT2D eigenvalue weighted by Gasteiger charge is 2.38. The summed E-state index contributed by atoms with van der Waals surface area (Å²) in [5.41, 5.74) is 6.85. The van der Waals surface area contributed by atoms with Crippen LogP contribution in [-0.2, 0) is 14.6 Å². The van der Waals surface area contributed by atoms with E-state index in [1.54, 1.807) is 12.1 Å². The number of hydrogen-bond donors (Lipinski definition) is 2. The molecule has 1 aromatic carbocycles. The van der Waals surface area contributed by atoms with Crippen molar-refractivity contribution in [3.8, 4) is 0 Å². The zero-order valence-electron chi connectivity index (χ0n) is 11.0. The summed E-state index contributed by atoms with van der Waals surface area (Å²) in [5.74, 6) is -2.32. The summed E-state index contributed by atoms with van der Waals surface area (Å²) in [5, 5.41) is 7.12. The Balaban J connectivity index is 0.000000270. The maximum absolute atomic E-state index is 11.2. The Kier molecular flexibility index (Phi) is 5.00. The molecular weight excluding hydrogens is 311 g/mol. The van der Waals surface area contributed by atoms with Crippen LogP contribution in [0.15, 0.2) is 29.2 Å². The summed E-state index contributed by atoms with van der Waals surface area (Å²) in [6.45, 7) is 0. The fourth-order valence-electron chi connectivity index (χ4n) is 1.56. The number of rotatable bonds is 2. The molecule has 0 bridgehead atoms. The number of alkyl halides is 3. The van der Waals surface area contributed by atoms with E-state index in [1.807, 2.05) is 12.1 Å². The van der Waals surface area contributed by atoms with Gasteiger partial charge in [0.05, 0.1) is 4.90 Å². The first kappa shape index (κ1) is 17.4. The molecule has 3 N–H and O–H groups in total. The van der Waals surface area contributed by atoms with Gasteiger partial charge in [-0.1, -0.05) is 12.1 Å². The lowest BCUT2D eigenvalue weighted by atomic mass is 10.1. The molecule has 0 saturated heterocycles. The normalized spacial score (nSPS) is 21.2. The Bertz CT molecular complexity index is 610. The number of halogens is 3. The molecule has 0 aliphatic heterocycles. The number of nitrogens with two attached hydrogens (primary N) is 1. The molecule has 0 spiro atoms. The number of carbonyl (C=O) groups is 1. The van der Waals surface area contributed by atoms with Crippen LogP contribution in [0.5, 0.6) is 0 Å². The van der Waals surface area contributed by atoms with Crippen LogP contribution >= 0.6 is 0 Å². The monoisotopic (exact) mass is 325 g/mol. The van der Waals surface area contributed by atoms with Crippen molar-refractivity contribution in [3.63, 3.8) is 0 Å². The van der Waals surface area contributed by atoms with Gasteiger partial charge in [0, 0.05) is 18.2 Å². The largest absolute Gasteiger partial charge is 0.490 e. The third kappa shape index (κ3) is 5.35.